The molecule has 0 saturated heterocycles. The quantitative estimate of drug-likeness (QED) is 0.808. The standard InChI is InChI=1S/C18H20N4O/c1-18(2,3)11-19-17(23)15-7-5-4-6-14(15)13-8-9-16-20-12-21-22(16)10-13/h4-10,12H,11H2,1-3H3,(H,19,23). The smallest absolute Gasteiger partial charge is 0.251 e. The highest BCUT2D eigenvalue weighted by molar-refractivity contribution is 6.00. The Labute approximate surface area is 135 Å². The molecule has 5 nitrogen and oxygen atoms in total. The maximum absolute atomic E-state index is 12.6. The summed E-state index contributed by atoms with van der Waals surface area (Å²) in [4.78, 5) is 16.7. The highest BCUT2D eigenvalue weighted by Crippen LogP contribution is 2.24. The molecule has 3 rings (SSSR count). The van der Waals surface area contributed by atoms with Crippen molar-refractivity contribution in [3.63, 3.8) is 0 Å². The molecule has 5 heteroatoms. The Kier molecular flexibility index (Phi) is 3.86. The molecular formula is C18H20N4O. The molecule has 0 unspecified atom stereocenters. The molecule has 0 fully saturated rings. The highest BCUT2D eigenvalue weighted by atomic mass is 16.1. The van der Waals surface area contributed by atoms with Crippen molar-refractivity contribution in [2.24, 2.45) is 5.41 Å². The lowest BCUT2D eigenvalue weighted by Gasteiger charge is -2.19. The molecule has 1 aromatic carbocycles. The fourth-order valence-electron chi connectivity index (χ4n) is 2.35. The lowest BCUT2D eigenvalue weighted by atomic mass is 9.96. The minimum absolute atomic E-state index is 0.0459. The van der Waals surface area contributed by atoms with Crippen LogP contribution < -0.4 is 5.32 Å². The van der Waals surface area contributed by atoms with E-state index in [1.165, 1.54) is 6.33 Å². The van der Waals surface area contributed by atoms with Gasteiger partial charge in [-0.25, -0.2) is 9.50 Å². The molecule has 0 saturated carbocycles. The second-order valence-electron chi connectivity index (χ2n) is 6.77. The number of amides is 1. The number of nitrogens with zero attached hydrogens (tertiary/aromatic N) is 3. The van der Waals surface area contributed by atoms with Crippen molar-refractivity contribution in [3.8, 4) is 11.1 Å². The van der Waals surface area contributed by atoms with Gasteiger partial charge in [0, 0.05) is 23.9 Å². The number of hydrogen-bond donors (Lipinski definition) is 1. The summed E-state index contributed by atoms with van der Waals surface area (Å²) in [6, 6.07) is 11.5. The Balaban J connectivity index is 1.95. The Morgan fingerprint density at radius 2 is 1.96 bits per heavy atom. The summed E-state index contributed by atoms with van der Waals surface area (Å²) in [5.41, 5.74) is 3.31. The van der Waals surface area contributed by atoms with Crippen LogP contribution in [0.3, 0.4) is 0 Å². The van der Waals surface area contributed by atoms with Gasteiger partial charge in [0.1, 0.15) is 6.33 Å². The monoisotopic (exact) mass is 308 g/mol. The fraction of sp³-hybridized carbons (Fsp3) is 0.278. The molecule has 0 radical (unpaired) electrons. The maximum Gasteiger partial charge on any atom is 0.251 e. The largest absolute Gasteiger partial charge is 0.351 e. The van der Waals surface area contributed by atoms with E-state index in [-0.39, 0.29) is 11.3 Å². The fourth-order valence-corrected chi connectivity index (χ4v) is 2.35. The minimum Gasteiger partial charge on any atom is -0.351 e. The third-order valence-corrected chi connectivity index (χ3v) is 3.54. The topological polar surface area (TPSA) is 59.3 Å². The second-order valence-corrected chi connectivity index (χ2v) is 6.77. The first-order valence-electron chi connectivity index (χ1n) is 7.61. The molecule has 2 aromatic heterocycles. The highest BCUT2D eigenvalue weighted by Gasteiger charge is 2.16. The van der Waals surface area contributed by atoms with Gasteiger partial charge in [-0.05, 0) is 29.2 Å². The van der Waals surface area contributed by atoms with Crippen molar-refractivity contribution in [3.05, 3.63) is 54.5 Å². The molecule has 23 heavy (non-hydrogen) atoms. The number of rotatable bonds is 3. The predicted octanol–water partition coefficient (Wildman–Crippen LogP) is 3.17. The summed E-state index contributed by atoms with van der Waals surface area (Å²) < 4.78 is 1.71. The number of fused-ring (bicyclic) bond motifs is 1. The summed E-state index contributed by atoms with van der Waals surface area (Å²) in [5, 5.41) is 7.16. The first kappa shape index (κ1) is 15.2. The zero-order valence-corrected chi connectivity index (χ0v) is 13.6. The van der Waals surface area contributed by atoms with Gasteiger partial charge >= 0.3 is 0 Å². The van der Waals surface area contributed by atoms with E-state index >= 15 is 0 Å². The van der Waals surface area contributed by atoms with Crippen molar-refractivity contribution in [1.29, 1.82) is 0 Å². The van der Waals surface area contributed by atoms with Crippen LogP contribution in [0.2, 0.25) is 0 Å². The zero-order valence-electron chi connectivity index (χ0n) is 13.6. The van der Waals surface area contributed by atoms with E-state index in [1.807, 2.05) is 42.6 Å². The molecule has 3 aromatic rings. The van der Waals surface area contributed by atoms with Crippen LogP contribution in [0.5, 0.6) is 0 Å². The van der Waals surface area contributed by atoms with Gasteiger partial charge in [0.2, 0.25) is 0 Å². The average Bonchev–Trinajstić information content (AvgIpc) is 2.99. The van der Waals surface area contributed by atoms with Crippen molar-refractivity contribution < 1.29 is 4.79 Å². The third kappa shape index (κ3) is 3.39. The van der Waals surface area contributed by atoms with E-state index < -0.39 is 0 Å². The number of hydrogen-bond acceptors (Lipinski definition) is 3. The zero-order chi connectivity index (χ0) is 16.4. The van der Waals surface area contributed by atoms with Crippen LogP contribution in [0.1, 0.15) is 31.1 Å². The molecule has 2 heterocycles. The normalized spacial score (nSPS) is 11.6. The van der Waals surface area contributed by atoms with Gasteiger partial charge in [-0.15, -0.1) is 0 Å². The van der Waals surface area contributed by atoms with Crippen LogP contribution in [0.4, 0.5) is 0 Å². The average molecular weight is 308 g/mol. The molecule has 0 aliphatic heterocycles. The SMILES string of the molecule is CC(C)(C)CNC(=O)c1ccccc1-c1ccc2ncnn2c1. The number of nitrogens with one attached hydrogen (secondary N) is 1. The third-order valence-electron chi connectivity index (χ3n) is 3.54. The van der Waals surface area contributed by atoms with Gasteiger partial charge < -0.3 is 5.32 Å². The number of pyridine rings is 1. The van der Waals surface area contributed by atoms with Crippen LogP contribution >= 0.6 is 0 Å². The second kappa shape index (κ2) is 5.83. The molecule has 0 spiro atoms. The van der Waals surface area contributed by atoms with Crippen molar-refractivity contribution >= 4 is 11.6 Å². The first-order valence-corrected chi connectivity index (χ1v) is 7.61. The van der Waals surface area contributed by atoms with E-state index in [9.17, 15) is 4.79 Å². The van der Waals surface area contributed by atoms with Crippen molar-refractivity contribution in [2.45, 2.75) is 20.8 Å². The maximum atomic E-state index is 12.6. The van der Waals surface area contributed by atoms with E-state index in [0.29, 0.717) is 12.1 Å². The summed E-state index contributed by atoms with van der Waals surface area (Å²) in [5.74, 6) is -0.0609. The number of carbonyl (C=O) groups is 1. The number of aromatic nitrogens is 3. The predicted molar refractivity (Wildman–Crippen MR) is 90.2 cm³/mol. The minimum atomic E-state index is -0.0609. The molecule has 0 aliphatic carbocycles. The van der Waals surface area contributed by atoms with Gasteiger partial charge in [0.15, 0.2) is 5.65 Å². The van der Waals surface area contributed by atoms with Crippen LogP contribution in [-0.2, 0) is 0 Å². The summed E-state index contributed by atoms with van der Waals surface area (Å²) in [6.07, 6.45) is 3.40. The molecule has 0 bridgehead atoms. The van der Waals surface area contributed by atoms with E-state index in [1.54, 1.807) is 4.52 Å². The molecule has 1 amide bonds. The van der Waals surface area contributed by atoms with E-state index in [2.05, 4.69) is 36.2 Å². The number of carbonyl (C=O) groups excluding carboxylic acids is 1. The van der Waals surface area contributed by atoms with Gasteiger partial charge in [0.05, 0.1) is 0 Å². The van der Waals surface area contributed by atoms with E-state index in [4.69, 9.17) is 0 Å². The molecule has 1 N–H and O–H groups in total. The van der Waals surface area contributed by atoms with Crippen LogP contribution in [-0.4, -0.2) is 27.0 Å². The van der Waals surface area contributed by atoms with Gasteiger partial charge in [0.25, 0.3) is 5.91 Å². The van der Waals surface area contributed by atoms with Crippen LogP contribution in [0.15, 0.2) is 48.9 Å². The van der Waals surface area contributed by atoms with Crippen LogP contribution in [0, 0.1) is 5.41 Å². The van der Waals surface area contributed by atoms with Gasteiger partial charge in [-0.2, -0.15) is 5.10 Å². The Morgan fingerprint density at radius 1 is 1.17 bits per heavy atom. The summed E-state index contributed by atoms with van der Waals surface area (Å²) in [7, 11) is 0. The lowest BCUT2D eigenvalue weighted by Crippen LogP contribution is -2.32. The Hall–Kier alpha value is -2.69. The molecule has 118 valence electrons. The summed E-state index contributed by atoms with van der Waals surface area (Å²) >= 11 is 0. The molecule has 0 atom stereocenters. The molecule has 0 aliphatic rings. The van der Waals surface area contributed by atoms with Crippen molar-refractivity contribution in [1.82, 2.24) is 19.9 Å². The molecular weight excluding hydrogens is 288 g/mol. The van der Waals surface area contributed by atoms with Crippen molar-refractivity contribution in [2.75, 3.05) is 6.54 Å². The van der Waals surface area contributed by atoms with Gasteiger partial charge in [-0.1, -0.05) is 39.0 Å². The Bertz CT molecular complexity index is 845. The van der Waals surface area contributed by atoms with Crippen LogP contribution in [0.25, 0.3) is 16.8 Å². The lowest BCUT2D eigenvalue weighted by molar-refractivity contribution is 0.0940. The summed E-state index contributed by atoms with van der Waals surface area (Å²) in [6.45, 7) is 6.91. The number of benzene rings is 1. The van der Waals surface area contributed by atoms with E-state index in [0.717, 1.165) is 16.8 Å². The first-order chi connectivity index (χ1) is 10.9. The Morgan fingerprint density at radius 3 is 2.74 bits per heavy atom. The van der Waals surface area contributed by atoms with Gasteiger partial charge in [-0.3, -0.25) is 4.79 Å².